The van der Waals surface area contributed by atoms with E-state index in [1.807, 2.05) is 18.2 Å². The highest BCUT2D eigenvalue weighted by Gasteiger charge is 2.23. The number of hydrogen-bond donors (Lipinski definition) is 2. The minimum atomic E-state index is -0.257. The molecule has 1 aromatic carbocycles. The fourth-order valence-corrected chi connectivity index (χ4v) is 4.56. The Balaban J connectivity index is 1.74. The molecular weight excluding hydrogens is 418 g/mol. The van der Waals surface area contributed by atoms with E-state index in [-0.39, 0.29) is 17.7 Å². The average Bonchev–Trinajstić information content (AvgIpc) is 3.49. The van der Waals surface area contributed by atoms with Crippen molar-refractivity contribution in [3.8, 4) is 0 Å². The van der Waals surface area contributed by atoms with E-state index in [1.165, 1.54) is 16.7 Å². The van der Waals surface area contributed by atoms with Crippen LogP contribution in [0.3, 0.4) is 0 Å². The lowest BCUT2D eigenvalue weighted by Crippen LogP contribution is -2.17. The van der Waals surface area contributed by atoms with Crippen LogP contribution in [0.25, 0.3) is 0 Å². The van der Waals surface area contributed by atoms with Gasteiger partial charge in [0.1, 0.15) is 10.8 Å². The summed E-state index contributed by atoms with van der Waals surface area (Å²) in [5, 5.41) is 7.44. The third kappa shape index (κ3) is 4.92. The first-order valence-corrected chi connectivity index (χ1v) is 11.6. The first-order valence-electron chi connectivity index (χ1n) is 10.8. The fraction of sp³-hybridized carbons (Fsp3) is 0.231. The number of nitrogens with zero attached hydrogens (tertiary/aromatic N) is 1. The van der Waals surface area contributed by atoms with E-state index < -0.39 is 0 Å². The summed E-state index contributed by atoms with van der Waals surface area (Å²) < 4.78 is 5.28. The van der Waals surface area contributed by atoms with E-state index in [1.54, 1.807) is 29.7 Å². The van der Waals surface area contributed by atoms with Crippen LogP contribution >= 0.6 is 11.3 Å². The van der Waals surface area contributed by atoms with Gasteiger partial charge in [0, 0.05) is 16.6 Å². The molecule has 0 aliphatic carbocycles. The number of anilines is 2. The third-order valence-electron chi connectivity index (χ3n) is 5.34. The Bertz CT molecular complexity index is 1150. The van der Waals surface area contributed by atoms with Crippen molar-refractivity contribution in [1.29, 1.82) is 0 Å². The van der Waals surface area contributed by atoms with Crippen molar-refractivity contribution in [2.24, 2.45) is 0 Å². The van der Waals surface area contributed by atoms with Gasteiger partial charge in [-0.05, 0) is 53.8 Å². The number of benzene rings is 1. The normalized spacial score (nSPS) is 12.0. The average molecular weight is 446 g/mol. The van der Waals surface area contributed by atoms with Crippen LogP contribution in [0.1, 0.15) is 64.9 Å². The molecule has 3 heterocycles. The van der Waals surface area contributed by atoms with Gasteiger partial charge in [-0.3, -0.25) is 4.79 Å². The molecule has 0 saturated heterocycles. The molecule has 6 heteroatoms. The van der Waals surface area contributed by atoms with Gasteiger partial charge in [0.05, 0.1) is 12.3 Å². The van der Waals surface area contributed by atoms with Crippen molar-refractivity contribution in [3.63, 3.8) is 0 Å². The summed E-state index contributed by atoms with van der Waals surface area (Å²) in [5.41, 5.74) is 3.40. The van der Waals surface area contributed by atoms with Gasteiger partial charge in [-0.15, -0.1) is 11.3 Å². The Kier molecular flexibility index (Phi) is 6.71. The van der Waals surface area contributed by atoms with E-state index >= 15 is 0 Å². The summed E-state index contributed by atoms with van der Waals surface area (Å²) >= 11 is 1.59. The highest BCUT2D eigenvalue weighted by atomic mass is 32.1. The maximum absolute atomic E-state index is 12.7. The molecule has 0 bridgehead atoms. The topological polar surface area (TPSA) is 67.2 Å². The van der Waals surface area contributed by atoms with Crippen LogP contribution in [0.2, 0.25) is 0 Å². The number of aryl methyl sites for hydroxylation is 1. The number of thiophene rings is 1. The molecule has 4 rings (SSSR count). The Labute approximate surface area is 192 Å². The maximum atomic E-state index is 12.7. The van der Waals surface area contributed by atoms with Gasteiger partial charge in [0.2, 0.25) is 0 Å². The lowest BCUT2D eigenvalue weighted by Gasteiger charge is -2.21. The Hall–Kier alpha value is -3.38. The Morgan fingerprint density at radius 1 is 1.06 bits per heavy atom. The molecule has 0 aliphatic heterocycles. The van der Waals surface area contributed by atoms with E-state index in [2.05, 4.69) is 66.7 Å². The van der Waals surface area contributed by atoms with Crippen LogP contribution < -0.4 is 10.6 Å². The van der Waals surface area contributed by atoms with Crippen molar-refractivity contribution >= 4 is 28.1 Å². The SMILES string of the molecule is CCc1cc([C@H](Nc2ccccn2)c2ccc(C(C)C)cc2)c(NC(=O)c2ccco2)s1. The van der Waals surface area contributed by atoms with Crippen LogP contribution in [-0.2, 0) is 6.42 Å². The highest BCUT2D eigenvalue weighted by Crippen LogP contribution is 2.38. The zero-order chi connectivity index (χ0) is 22.5. The molecule has 4 aromatic rings. The first-order chi connectivity index (χ1) is 15.5. The van der Waals surface area contributed by atoms with Gasteiger partial charge in [0.25, 0.3) is 5.91 Å². The van der Waals surface area contributed by atoms with E-state index in [4.69, 9.17) is 4.42 Å². The molecule has 2 N–H and O–H groups in total. The van der Waals surface area contributed by atoms with Crippen LogP contribution in [0.4, 0.5) is 10.8 Å². The number of hydrogen-bond acceptors (Lipinski definition) is 5. The molecule has 3 aromatic heterocycles. The highest BCUT2D eigenvalue weighted by molar-refractivity contribution is 7.16. The molecule has 164 valence electrons. The second-order valence-electron chi connectivity index (χ2n) is 7.90. The number of aromatic nitrogens is 1. The smallest absolute Gasteiger partial charge is 0.291 e. The van der Waals surface area contributed by atoms with Crippen molar-refractivity contribution in [1.82, 2.24) is 4.98 Å². The molecule has 0 spiro atoms. The van der Waals surface area contributed by atoms with Gasteiger partial charge in [-0.1, -0.05) is 51.1 Å². The molecule has 0 aliphatic rings. The van der Waals surface area contributed by atoms with Gasteiger partial charge >= 0.3 is 0 Å². The summed E-state index contributed by atoms with van der Waals surface area (Å²) in [6, 6.07) is 19.8. The van der Waals surface area contributed by atoms with Crippen LogP contribution in [0.5, 0.6) is 0 Å². The zero-order valence-corrected chi connectivity index (χ0v) is 19.3. The molecule has 0 radical (unpaired) electrons. The van der Waals surface area contributed by atoms with Gasteiger partial charge < -0.3 is 15.1 Å². The lowest BCUT2D eigenvalue weighted by molar-refractivity contribution is 0.0997. The predicted octanol–water partition coefficient (Wildman–Crippen LogP) is 6.88. The van der Waals surface area contributed by atoms with Gasteiger partial charge in [-0.2, -0.15) is 0 Å². The minimum absolute atomic E-state index is 0.172. The second kappa shape index (κ2) is 9.83. The van der Waals surface area contributed by atoms with Crippen molar-refractivity contribution < 1.29 is 9.21 Å². The predicted molar refractivity (Wildman–Crippen MR) is 131 cm³/mol. The molecule has 32 heavy (non-hydrogen) atoms. The molecule has 1 atom stereocenters. The second-order valence-corrected chi connectivity index (χ2v) is 9.03. The number of pyridine rings is 1. The lowest BCUT2D eigenvalue weighted by atomic mass is 9.95. The molecule has 0 unspecified atom stereocenters. The van der Waals surface area contributed by atoms with Crippen molar-refractivity contribution in [2.75, 3.05) is 10.6 Å². The Morgan fingerprint density at radius 2 is 1.84 bits per heavy atom. The number of carbonyl (C=O) groups excluding carboxylic acids is 1. The quantitative estimate of drug-likeness (QED) is 0.310. The summed E-state index contributed by atoms with van der Waals surface area (Å²) in [4.78, 5) is 18.4. The summed E-state index contributed by atoms with van der Waals surface area (Å²) in [5.74, 6) is 1.27. The number of carbonyl (C=O) groups is 1. The standard InChI is InChI=1S/C26H27N3O2S/c1-4-20-16-21(26(32-20)29-25(30)22-8-7-15-31-22)24(28-23-9-5-6-14-27-23)19-12-10-18(11-13-19)17(2)3/h5-17,24H,4H2,1-3H3,(H,27,28)(H,29,30)/t24-/m1/s1. The molecule has 5 nitrogen and oxygen atoms in total. The number of furan rings is 1. The van der Waals surface area contributed by atoms with Gasteiger partial charge in [0.15, 0.2) is 5.76 Å². The van der Waals surface area contributed by atoms with Crippen LogP contribution in [0.15, 0.2) is 77.5 Å². The molecular formula is C26H27N3O2S. The Morgan fingerprint density at radius 3 is 2.47 bits per heavy atom. The van der Waals surface area contributed by atoms with E-state index in [0.717, 1.165) is 28.4 Å². The van der Waals surface area contributed by atoms with E-state index in [9.17, 15) is 4.79 Å². The third-order valence-corrected chi connectivity index (χ3v) is 6.55. The summed E-state index contributed by atoms with van der Waals surface area (Å²) in [6.07, 6.45) is 4.16. The fourth-order valence-electron chi connectivity index (χ4n) is 3.53. The first kappa shape index (κ1) is 21.8. The minimum Gasteiger partial charge on any atom is -0.459 e. The molecule has 0 fully saturated rings. The maximum Gasteiger partial charge on any atom is 0.291 e. The summed E-state index contributed by atoms with van der Waals surface area (Å²) in [7, 11) is 0. The zero-order valence-electron chi connectivity index (χ0n) is 18.5. The van der Waals surface area contributed by atoms with Gasteiger partial charge in [-0.25, -0.2) is 4.98 Å². The molecule has 0 saturated carbocycles. The largest absolute Gasteiger partial charge is 0.459 e. The monoisotopic (exact) mass is 445 g/mol. The van der Waals surface area contributed by atoms with Crippen LogP contribution in [-0.4, -0.2) is 10.9 Å². The van der Waals surface area contributed by atoms with Crippen molar-refractivity contribution in [2.45, 2.75) is 39.2 Å². The number of amides is 1. The molecule has 1 amide bonds. The number of nitrogens with one attached hydrogen (secondary N) is 2. The van der Waals surface area contributed by atoms with Crippen molar-refractivity contribution in [3.05, 3.63) is 100 Å². The number of rotatable bonds is 8. The van der Waals surface area contributed by atoms with E-state index in [0.29, 0.717) is 5.92 Å². The summed E-state index contributed by atoms with van der Waals surface area (Å²) in [6.45, 7) is 6.49. The van der Waals surface area contributed by atoms with Crippen LogP contribution in [0, 0.1) is 0 Å².